The van der Waals surface area contributed by atoms with Gasteiger partial charge >= 0.3 is 0 Å². The van der Waals surface area contributed by atoms with E-state index in [4.69, 9.17) is 23.2 Å². The second-order valence-corrected chi connectivity index (χ2v) is 5.20. The lowest BCUT2D eigenvalue weighted by atomic mass is 10.2. The fourth-order valence-corrected chi connectivity index (χ4v) is 2.38. The highest BCUT2D eigenvalue weighted by molar-refractivity contribution is 7.99. The molecule has 0 saturated heterocycles. The van der Waals surface area contributed by atoms with Gasteiger partial charge in [-0.05, 0) is 12.1 Å². The largest absolute Gasteiger partial charge is 0.312 e. The molecule has 1 aromatic rings. The van der Waals surface area contributed by atoms with Crippen molar-refractivity contribution in [1.82, 2.24) is 5.32 Å². The minimum absolute atomic E-state index is 0.715. The Morgan fingerprint density at radius 2 is 2.00 bits per heavy atom. The van der Waals surface area contributed by atoms with Gasteiger partial charge in [-0.1, -0.05) is 35.3 Å². The van der Waals surface area contributed by atoms with Crippen LogP contribution in [0.15, 0.2) is 30.9 Å². The number of nitrogens with one attached hydrogen (secondary N) is 1. The first-order chi connectivity index (χ1) is 7.75. The molecular formula is C12H15Cl2NS. The molecule has 0 aliphatic carbocycles. The maximum absolute atomic E-state index is 6.05. The lowest BCUT2D eigenvalue weighted by Gasteiger charge is -2.08. The third kappa shape index (κ3) is 4.79. The van der Waals surface area contributed by atoms with Gasteiger partial charge in [0.15, 0.2) is 0 Å². The average molecular weight is 276 g/mol. The van der Waals surface area contributed by atoms with E-state index in [9.17, 15) is 0 Å². The van der Waals surface area contributed by atoms with Crippen molar-refractivity contribution < 1.29 is 0 Å². The number of rotatable bonds is 7. The minimum atomic E-state index is 0.715. The van der Waals surface area contributed by atoms with Crippen LogP contribution in [0, 0.1) is 0 Å². The first-order valence-electron chi connectivity index (χ1n) is 5.08. The van der Waals surface area contributed by atoms with Gasteiger partial charge in [0.2, 0.25) is 0 Å². The summed E-state index contributed by atoms with van der Waals surface area (Å²) < 4.78 is 0. The van der Waals surface area contributed by atoms with Gasteiger partial charge in [0, 0.05) is 40.2 Å². The molecule has 0 aromatic heterocycles. The first kappa shape index (κ1) is 13.9. The predicted molar refractivity (Wildman–Crippen MR) is 75.7 cm³/mol. The number of thioether (sulfide) groups is 1. The van der Waals surface area contributed by atoms with Crippen LogP contribution >= 0.6 is 35.0 Å². The van der Waals surface area contributed by atoms with E-state index in [0.717, 1.165) is 33.7 Å². The summed E-state index contributed by atoms with van der Waals surface area (Å²) in [5, 5.41) is 4.76. The second kappa shape index (κ2) is 8.02. The maximum Gasteiger partial charge on any atom is 0.0465 e. The van der Waals surface area contributed by atoms with E-state index in [2.05, 4.69) is 11.9 Å². The molecule has 0 aliphatic heterocycles. The third-order valence-corrected chi connectivity index (χ3v) is 3.69. The molecule has 0 fully saturated rings. The summed E-state index contributed by atoms with van der Waals surface area (Å²) in [5.74, 6) is 2.06. The monoisotopic (exact) mass is 275 g/mol. The van der Waals surface area contributed by atoms with Gasteiger partial charge in [-0.15, -0.1) is 6.58 Å². The van der Waals surface area contributed by atoms with E-state index in [1.807, 2.05) is 36.0 Å². The molecule has 0 amide bonds. The molecule has 1 aromatic carbocycles. The molecule has 16 heavy (non-hydrogen) atoms. The molecule has 0 unspecified atom stereocenters. The number of halogens is 2. The van der Waals surface area contributed by atoms with Gasteiger partial charge < -0.3 is 5.32 Å². The smallest absolute Gasteiger partial charge is 0.0465 e. The van der Waals surface area contributed by atoms with Crippen molar-refractivity contribution in [3.63, 3.8) is 0 Å². The highest BCUT2D eigenvalue weighted by Crippen LogP contribution is 2.23. The van der Waals surface area contributed by atoms with Gasteiger partial charge in [0.05, 0.1) is 0 Å². The fourth-order valence-electron chi connectivity index (χ4n) is 1.23. The summed E-state index contributed by atoms with van der Waals surface area (Å²) in [6, 6.07) is 5.57. The first-order valence-corrected chi connectivity index (χ1v) is 6.99. The quantitative estimate of drug-likeness (QED) is 0.596. The van der Waals surface area contributed by atoms with Crippen LogP contribution in [0.2, 0.25) is 10.0 Å². The number of hydrogen-bond acceptors (Lipinski definition) is 2. The normalized spacial score (nSPS) is 10.4. The summed E-state index contributed by atoms with van der Waals surface area (Å²) in [6.07, 6.45) is 1.91. The molecule has 0 aliphatic rings. The van der Waals surface area contributed by atoms with E-state index >= 15 is 0 Å². The molecule has 0 bridgehead atoms. The molecule has 88 valence electrons. The Bertz CT molecular complexity index is 322. The van der Waals surface area contributed by atoms with Crippen LogP contribution in [0.3, 0.4) is 0 Å². The van der Waals surface area contributed by atoms with Crippen LogP contribution in [-0.2, 0) is 6.54 Å². The molecular weight excluding hydrogens is 261 g/mol. The van der Waals surface area contributed by atoms with Gasteiger partial charge in [-0.25, -0.2) is 0 Å². The van der Waals surface area contributed by atoms with Gasteiger partial charge in [0.25, 0.3) is 0 Å². The molecule has 0 atom stereocenters. The molecule has 0 saturated carbocycles. The van der Waals surface area contributed by atoms with Crippen LogP contribution in [0.5, 0.6) is 0 Å². The third-order valence-electron chi connectivity index (χ3n) is 2.02. The van der Waals surface area contributed by atoms with Gasteiger partial charge in [-0.3, -0.25) is 0 Å². The molecule has 0 radical (unpaired) electrons. The summed E-state index contributed by atoms with van der Waals surface area (Å²) in [5.41, 5.74) is 0.972. The topological polar surface area (TPSA) is 12.0 Å². The molecule has 4 heteroatoms. The predicted octanol–water partition coefficient (Wildman–Crippen LogP) is 4.00. The molecule has 1 N–H and O–H groups in total. The lowest BCUT2D eigenvalue weighted by molar-refractivity contribution is 0.732. The van der Waals surface area contributed by atoms with E-state index in [1.54, 1.807) is 0 Å². The standard InChI is InChI=1S/C12H15Cl2NS/c1-2-7-16-8-6-15-9-10-11(13)4-3-5-12(10)14/h2-5,15H,1,6-9H2. The van der Waals surface area contributed by atoms with Crippen LogP contribution in [0.1, 0.15) is 5.56 Å². The van der Waals surface area contributed by atoms with Crippen molar-refractivity contribution in [2.45, 2.75) is 6.54 Å². The fraction of sp³-hybridized carbons (Fsp3) is 0.333. The highest BCUT2D eigenvalue weighted by atomic mass is 35.5. The van der Waals surface area contributed by atoms with Crippen LogP contribution < -0.4 is 5.32 Å². The molecule has 1 rings (SSSR count). The van der Waals surface area contributed by atoms with Gasteiger partial charge in [-0.2, -0.15) is 11.8 Å². The van der Waals surface area contributed by atoms with Crippen molar-refractivity contribution in [3.8, 4) is 0 Å². The van der Waals surface area contributed by atoms with Crippen molar-refractivity contribution in [3.05, 3.63) is 46.5 Å². The molecule has 0 heterocycles. The Morgan fingerprint density at radius 1 is 1.31 bits per heavy atom. The van der Waals surface area contributed by atoms with Crippen LogP contribution in [0.25, 0.3) is 0 Å². The number of hydrogen-bond donors (Lipinski definition) is 1. The SMILES string of the molecule is C=CCSCCNCc1c(Cl)cccc1Cl. The summed E-state index contributed by atoms with van der Waals surface area (Å²) in [4.78, 5) is 0. The Balaban J connectivity index is 2.29. The Kier molecular flexibility index (Phi) is 6.97. The van der Waals surface area contributed by atoms with Crippen molar-refractivity contribution in [1.29, 1.82) is 0 Å². The Hall–Kier alpha value is -0.150. The maximum atomic E-state index is 6.05. The van der Waals surface area contributed by atoms with E-state index in [0.29, 0.717) is 6.54 Å². The second-order valence-electron chi connectivity index (χ2n) is 3.24. The van der Waals surface area contributed by atoms with Crippen LogP contribution in [0.4, 0.5) is 0 Å². The zero-order chi connectivity index (χ0) is 11.8. The van der Waals surface area contributed by atoms with Crippen LogP contribution in [-0.4, -0.2) is 18.1 Å². The molecule has 1 nitrogen and oxygen atoms in total. The zero-order valence-corrected chi connectivity index (χ0v) is 11.3. The number of benzene rings is 1. The summed E-state index contributed by atoms with van der Waals surface area (Å²) >= 11 is 13.9. The minimum Gasteiger partial charge on any atom is -0.312 e. The van der Waals surface area contributed by atoms with Crippen molar-refractivity contribution >= 4 is 35.0 Å². The van der Waals surface area contributed by atoms with Crippen molar-refractivity contribution in [2.75, 3.05) is 18.1 Å². The summed E-state index contributed by atoms with van der Waals surface area (Å²) in [7, 11) is 0. The van der Waals surface area contributed by atoms with E-state index in [1.165, 1.54) is 0 Å². The summed E-state index contributed by atoms with van der Waals surface area (Å²) in [6.45, 7) is 5.33. The van der Waals surface area contributed by atoms with E-state index in [-0.39, 0.29) is 0 Å². The van der Waals surface area contributed by atoms with Crippen molar-refractivity contribution in [2.24, 2.45) is 0 Å². The highest BCUT2D eigenvalue weighted by Gasteiger charge is 2.03. The Labute approximate surface area is 111 Å². The Morgan fingerprint density at radius 3 is 2.62 bits per heavy atom. The average Bonchev–Trinajstić information content (AvgIpc) is 2.26. The lowest BCUT2D eigenvalue weighted by Crippen LogP contribution is -2.17. The molecule has 0 spiro atoms. The van der Waals surface area contributed by atoms with E-state index < -0.39 is 0 Å². The zero-order valence-electron chi connectivity index (χ0n) is 9.01. The van der Waals surface area contributed by atoms with Gasteiger partial charge in [0.1, 0.15) is 0 Å².